The van der Waals surface area contributed by atoms with Gasteiger partial charge in [0.1, 0.15) is 0 Å². The highest BCUT2D eigenvalue weighted by atomic mass is 32.2. The molecule has 0 radical (unpaired) electrons. The van der Waals surface area contributed by atoms with Crippen molar-refractivity contribution in [3.8, 4) is 6.07 Å². The van der Waals surface area contributed by atoms with E-state index >= 15 is 0 Å². The molecule has 1 aromatic rings. The van der Waals surface area contributed by atoms with Crippen LogP contribution in [0, 0.1) is 29.1 Å². The standard InChI is InChI=1S/C16H15F3N2O4S/c17-16(18,19)11-5-10(2-1-8(11)6-20)21-7-13-9-3-12(14(22)4-9)15(13,23)26(21,24)25/h1-2,5,9,12-14,22-23H,3-4,7H2/t9-,12+,13+,14+,15?/m1/s1. The summed E-state index contributed by atoms with van der Waals surface area (Å²) in [5.74, 6) is -1.70. The molecule has 10 heteroatoms. The number of fused-ring (bicyclic) bond motifs is 5. The van der Waals surface area contributed by atoms with Crippen LogP contribution >= 0.6 is 0 Å². The summed E-state index contributed by atoms with van der Waals surface area (Å²) in [4.78, 5) is -2.17. The molecule has 2 saturated carbocycles. The molecular weight excluding hydrogens is 373 g/mol. The fraction of sp³-hybridized carbons (Fsp3) is 0.562. The van der Waals surface area contributed by atoms with Crippen molar-refractivity contribution in [3.05, 3.63) is 29.3 Å². The van der Waals surface area contributed by atoms with Crippen LogP contribution in [0.3, 0.4) is 0 Å². The molecule has 26 heavy (non-hydrogen) atoms. The Hall–Kier alpha value is -1.83. The Kier molecular flexibility index (Phi) is 3.46. The normalized spacial score (nSPS) is 37.6. The van der Waals surface area contributed by atoms with Gasteiger partial charge < -0.3 is 10.2 Å². The van der Waals surface area contributed by atoms with Crippen molar-refractivity contribution in [1.29, 1.82) is 5.26 Å². The maximum Gasteiger partial charge on any atom is 0.417 e. The van der Waals surface area contributed by atoms with Gasteiger partial charge in [-0.3, -0.25) is 4.31 Å². The van der Waals surface area contributed by atoms with Crippen molar-refractivity contribution in [2.24, 2.45) is 17.8 Å². The maximum atomic E-state index is 13.2. The van der Waals surface area contributed by atoms with Gasteiger partial charge in [0.15, 0.2) is 4.93 Å². The fourth-order valence-corrected chi connectivity index (χ4v) is 7.21. The number of benzene rings is 1. The van der Waals surface area contributed by atoms with Crippen LogP contribution in [-0.4, -0.2) is 36.2 Å². The smallest absolute Gasteiger partial charge is 0.393 e. The van der Waals surface area contributed by atoms with E-state index in [1.807, 2.05) is 0 Å². The second kappa shape index (κ2) is 5.12. The molecule has 0 spiro atoms. The first-order valence-corrected chi connectivity index (χ1v) is 9.50. The molecular formula is C16H15F3N2O4S. The third-order valence-electron chi connectivity index (χ3n) is 5.98. The second-order valence-corrected chi connectivity index (χ2v) is 9.18. The van der Waals surface area contributed by atoms with Gasteiger partial charge in [0, 0.05) is 18.4 Å². The van der Waals surface area contributed by atoms with Crippen molar-refractivity contribution in [1.82, 2.24) is 0 Å². The molecule has 2 aliphatic carbocycles. The van der Waals surface area contributed by atoms with Crippen LogP contribution in [0.4, 0.5) is 18.9 Å². The average Bonchev–Trinajstić information content (AvgIpc) is 3.13. The molecule has 1 aliphatic heterocycles. The van der Waals surface area contributed by atoms with E-state index < -0.39 is 50.2 Å². The first-order chi connectivity index (χ1) is 12.0. The molecule has 1 unspecified atom stereocenters. The predicted octanol–water partition coefficient (Wildman–Crippen LogP) is 1.43. The van der Waals surface area contributed by atoms with Crippen LogP contribution in [0.15, 0.2) is 18.2 Å². The minimum atomic E-state index is -4.81. The maximum absolute atomic E-state index is 13.2. The Morgan fingerprint density at radius 3 is 2.58 bits per heavy atom. The minimum Gasteiger partial charge on any atom is -0.393 e. The highest BCUT2D eigenvalue weighted by Crippen LogP contribution is 2.61. The lowest BCUT2D eigenvalue weighted by Crippen LogP contribution is -2.51. The van der Waals surface area contributed by atoms with Crippen molar-refractivity contribution >= 4 is 15.7 Å². The number of halogens is 3. The molecule has 3 fully saturated rings. The first kappa shape index (κ1) is 17.6. The molecule has 3 aliphatic rings. The molecule has 4 rings (SSSR count). The van der Waals surface area contributed by atoms with Gasteiger partial charge in [-0.2, -0.15) is 18.4 Å². The summed E-state index contributed by atoms with van der Waals surface area (Å²) >= 11 is 0. The summed E-state index contributed by atoms with van der Waals surface area (Å²) in [5.41, 5.74) is -2.07. The average molecular weight is 388 g/mol. The molecule has 0 amide bonds. The third-order valence-corrected chi connectivity index (χ3v) is 8.35. The Morgan fingerprint density at radius 2 is 1.96 bits per heavy atom. The van der Waals surface area contributed by atoms with E-state index in [-0.39, 0.29) is 18.2 Å². The summed E-state index contributed by atoms with van der Waals surface area (Å²) in [7, 11) is -4.38. The lowest BCUT2D eigenvalue weighted by Gasteiger charge is -2.34. The summed E-state index contributed by atoms with van der Waals surface area (Å²) in [6, 6.07) is 4.13. The summed E-state index contributed by atoms with van der Waals surface area (Å²) in [5, 5.41) is 29.8. The van der Waals surface area contributed by atoms with Crippen LogP contribution in [0.2, 0.25) is 0 Å². The molecule has 6 nitrogen and oxygen atoms in total. The Morgan fingerprint density at radius 1 is 1.27 bits per heavy atom. The number of nitriles is 1. The number of aliphatic hydroxyl groups excluding tert-OH is 1. The molecule has 1 saturated heterocycles. The number of alkyl halides is 3. The highest BCUT2D eigenvalue weighted by molar-refractivity contribution is 7.94. The summed E-state index contributed by atoms with van der Waals surface area (Å²) in [6.45, 7) is -0.143. The molecule has 140 valence electrons. The van der Waals surface area contributed by atoms with E-state index in [0.717, 1.165) is 16.4 Å². The van der Waals surface area contributed by atoms with Crippen LogP contribution in [-0.2, 0) is 16.2 Å². The lowest BCUT2D eigenvalue weighted by atomic mass is 9.84. The first-order valence-electron chi connectivity index (χ1n) is 8.06. The topological polar surface area (TPSA) is 102 Å². The van der Waals surface area contributed by atoms with Gasteiger partial charge in [-0.25, -0.2) is 8.42 Å². The molecule has 1 aromatic carbocycles. The van der Waals surface area contributed by atoms with Crippen LogP contribution in [0.1, 0.15) is 24.0 Å². The zero-order chi connectivity index (χ0) is 19.1. The van der Waals surface area contributed by atoms with Gasteiger partial charge in [0.25, 0.3) is 10.0 Å². The highest BCUT2D eigenvalue weighted by Gasteiger charge is 2.72. The monoisotopic (exact) mass is 388 g/mol. The molecule has 2 bridgehead atoms. The SMILES string of the molecule is N#Cc1ccc(N2C[C@H]3[C@H]4C[C@H](O)[C@H](C4)C3(O)S2(=O)=O)cc1C(F)(F)F. The van der Waals surface area contributed by atoms with Gasteiger partial charge in [0.05, 0.1) is 29.0 Å². The molecule has 5 atom stereocenters. The number of sulfonamides is 1. The largest absolute Gasteiger partial charge is 0.417 e. The van der Waals surface area contributed by atoms with Gasteiger partial charge in [-0.15, -0.1) is 0 Å². The quantitative estimate of drug-likeness (QED) is 0.758. The molecule has 2 N–H and O–H groups in total. The Balaban J connectivity index is 1.81. The number of hydrogen-bond donors (Lipinski definition) is 2. The van der Waals surface area contributed by atoms with Crippen molar-refractivity contribution < 1.29 is 31.8 Å². The van der Waals surface area contributed by atoms with E-state index in [1.54, 1.807) is 0 Å². The Bertz CT molecular complexity index is 926. The second-order valence-electron chi connectivity index (χ2n) is 7.14. The van der Waals surface area contributed by atoms with E-state index in [4.69, 9.17) is 5.26 Å². The van der Waals surface area contributed by atoms with Crippen molar-refractivity contribution in [3.63, 3.8) is 0 Å². The van der Waals surface area contributed by atoms with Crippen molar-refractivity contribution in [2.75, 3.05) is 10.8 Å². The minimum absolute atomic E-state index is 0.143. The van der Waals surface area contributed by atoms with Crippen LogP contribution in [0.25, 0.3) is 0 Å². The van der Waals surface area contributed by atoms with E-state index in [1.165, 1.54) is 6.07 Å². The van der Waals surface area contributed by atoms with E-state index in [2.05, 4.69) is 0 Å². The third kappa shape index (κ3) is 2.02. The molecule has 1 heterocycles. The predicted molar refractivity (Wildman–Crippen MR) is 83.1 cm³/mol. The van der Waals surface area contributed by atoms with Gasteiger partial charge in [-0.1, -0.05) is 0 Å². The zero-order valence-corrected chi connectivity index (χ0v) is 14.1. The van der Waals surface area contributed by atoms with E-state index in [0.29, 0.717) is 18.9 Å². The number of rotatable bonds is 1. The molecule has 0 aromatic heterocycles. The summed E-state index contributed by atoms with van der Waals surface area (Å²) < 4.78 is 66.3. The van der Waals surface area contributed by atoms with Gasteiger partial charge in [-0.05, 0) is 37.0 Å². The number of nitrogens with zero attached hydrogens (tertiary/aromatic N) is 2. The number of hydrogen-bond acceptors (Lipinski definition) is 5. The zero-order valence-electron chi connectivity index (χ0n) is 13.3. The van der Waals surface area contributed by atoms with E-state index in [9.17, 15) is 31.8 Å². The lowest BCUT2D eigenvalue weighted by molar-refractivity contribution is -0.137. The fourth-order valence-electron chi connectivity index (χ4n) is 4.82. The number of aliphatic hydroxyl groups is 2. The number of anilines is 1. The van der Waals surface area contributed by atoms with Gasteiger partial charge in [0.2, 0.25) is 0 Å². The summed E-state index contributed by atoms with van der Waals surface area (Å²) in [6.07, 6.45) is -4.99. The van der Waals surface area contributed by atoms with Gasteiger partial charge >= 0.3 is 6.18 Å². The van der Waals surface area contributed by atoms with Crippen molar-refractivity contribution in [2.45, 2.75) is 30.1 Å². The van der Waals surface area contributed by atoms with Crippen LogP contribution < -0.4 is 4.31 Å². The van der Waals surface area contributed by atoms with Crippen LogP contribution in [0.5, 0.6) is 0 Å². The Labute approximate surface area is 147 Å².